The number of benzene rings is 1. The van der Waals surface area contributed by atoms with Gasteiger partial charge in [0.25, 0.3) is 5.91 Å². The van der Waals surface area contributed by atoms with Crippen LogP contribution in [0.5, 0.6) is 5.75 Å². The molecule has 2 rings (SSSR count). The highest BCUT2D eigenvalue weighted by molar-refractivity contribution is 6.32. The molecule has 0 radical (unpaired) electrons. The molecule has 1 aromatic heterocycles. The molecule has 0 aliphatic heterocycles. The van der Waals surface area contributed by atoms with E-state index in [0.717, 1.165) is 5.69 Å². The Labute approximate surface area is 121 Å². The second-order valence-corrected chi connectivity index (χ2v) is 4.53. The summed E-state index contributed by atoms with van der Waals surface area (Å²) in [6.45, 7) is 1.93. The normalized spacial score (nSPS) is 10.3. The van der Waals surface area contributed by atoms with Gasteiger partial charge in [-0.1, -0.05) is 18.5 Å². The number of aryl methyl sites for hydroxylation is 1. The summed E-state index contributed by atoms with van der Waals surface area (Å²) in [5.41, 5.74) is 7.67. The molecule has 1 amide bonds. The summed E-state index contributed by atoms with van der Waals surface area (Å²) in [4.78, 5) is 12.1. The van der Waals surface area contributed by atoms with Crippen molar-refractivity contribution in [3.05, 3.63) is 34.6 Å². The molecule has 1 heterocycles. The number of ether oxygens (including phenoxy) is 1. The molecule has 0 fully saturated rings. The molecule has 2 aromatic rings. The molecule has 106 valence electrons. The fourth-order valence-electron chi connectivity index (χ4n) is 1.76. The van der Waals surface area contributed by atoms with E-state index in [9.17, 15) is 4.79 Å². The van der Waals surface area contributed by atoms with E-state index in [1.165, 1.54) is 7.11 Å². The van der Waals surface area contributed by atoms with Gasteiger partial charge in [-0.15, -0.1) is 0 Å². The second-order valence-electron chi connectivity index (χ2n) is 4.12. The van der Waals surface area contributed by atoms with Crippen molar-refractivity contribution in [2.45, 2.75) is 13.3 Å². The number of carbonyl (C=O) groups is 1. The quantitative estimate of drug-likeness (QED) is 0.807. The molecular formula is C13H15ClN4O2. The Morgan fingerprint density at radius 1 is 1.55 bits per heavy atom. The average Bonchev–Trinajstić information content (AvgIpc) is 2.80. The van der Waals surface area contributed by atoms with E-state index in [4.69, 9.17) is 22.1 Å². The highest BCUT2D eigenvalue weighted by atomic mass is 35.5. The van der Waals surface area contributed by atoms with Crippen LogP contribution < -0.4 is 15.8 Å². The lowest BCUT2D eigenvalue weighted by molar-refractivity contribution is 0.102. The number of hydrogen-bond donors (Lipinski definition) is 3. The lowest BCUT2D eigenvalue weighted by Crippen LogP contribution is -2.14. The zero-order valence-electron chi connectivity index (χ0n) is 11.2. The van der Waals surface area contributed by atoms with Crippen LogP contribution in [0, 0.1) is 0 Å². The summed E-state index contributed by atoms with van der Waals surface area (Å²) >= 11 is 5.99. The number of hydrogen-bond acceptors (Lipinski definition) is 4. The monoisotopic (exact) mass is 294 g/mol. The zero-order chi connectivity index (χ0) is 14.7. The van der Waals surface area contributed by atoms with E-state index >= 15 is 0 Å². The number of amides is 1. The number of methoxy groups -OCH3 is 1. The van der Waals surface area contributed by atoms with Crippen molar-refractivity contribution in [2.24, 2.45) is 0 Å². The van der Waals surface area contributed by atoms with E-state index in [-0.39, 0.29) is 11.6 Å². The smallest absolute Gasteiger partial charge is 0.278 e. The van der Waals surface area contributed by atoms with Crippen molar-refractivity contribution in [1.29, 1.82) is 0 Å². The first-order valence-corrected chi connectivity index (χ1v) is 6.42. The number of nitrogen functional groups attached to an aromatic ring is 1. The predicted octanol–water partition coefficient (Wildman–Crippen LogP) is 2.47. The molecule has 0 aliphatic carbocycles. The molecule has 0 saturated carbocycles. The maximum absolute atomic E-state index is 12.1. The summed E-state index contributed by atoms with van der Waals surface area (Å²) in [6.07, 6.45) is 0.681. The molecule has 4 N–H and O–H groups in total. The first kappa shape index (κ1) is 14.2. The summed E-state index contributed by atoms with van der Waals surface area (Å²) in [5, 5.41) is 9.76. The van der Waals surface area contributed by atoms with Gasteiger partial charge in [-0.05, 0) is 24.6 Å². The third-order valence-electron chi connectivity index (χ3n) is 2.86. The number of halogens is 1. The van der Waals surface area contributed by atoms with Crippen LogP contribution in [-0.4, -0.2) is 23.2 Å². The van der Waals surface area contributed by atoms with Gasteiger partial charge in [0, 0.05) is 5.69 Å². The van der Waals surface area contributed by atoms with Gasteiger partial charge in [-0.25, -0.2) is 0 Å². The van der Waals surface area contributed by atoms with Crippen LogP contribution in [0.1, 0.15) is 23.1 Å². The number of anilines is 2. The van der Waals surface area contributed by atoms with E-state index < -0.39 is 0 Å². The number of aromatic nitrogens is 2. The molecule has 1 aromatic carbocycles. The maximum atomic E-state index is 12.1. The Morgan fingerprint density at radius 3 is 2.85 bits per heavy atom. The van der Waals surface area contributed by atoms with E-state index in [1.807, 2.05) is 6.92 Å². The van der Waals surface area contributed by atoms with Crippen molar-refractivity contribution in [3.8, 4) is 5.75 Å². The number of nitrogens with zero attached hydrogens (tertiary/aromatic N) is 1. The number of nitrogens with two attached hydrogens (primary N) is 1. The summed E-state index contributed by atoms with van der Waals surface area (Å²) < 4.78 is 5.04. The minimum Gasteiger partial charge on any atom is -0.495 e. The molecule has 20 heavy (non-hydrogen) atoms. The standard InChI is InChI=1S/C13H15ClN4O2/c1-3-9-11(15)12(18-17-9)13(19)16-7-4-5-10(20-2)8(14)6-7/h4-6H,3,15H2,1-2H3,(H,16,19)(H,17,18). The van der Waals surface area contributed by atoms with Crippen LogP contribution in [0.15, 0.2) is 18.2 Å². The molecule has 0 unspecified atom stereocenters. The average molecular weight is 295 g/mol. The van der Waals surface area contributed by atoms with Crippen molar-refractivity contribution < 1.29 is 9.53 Å². The van der Waals surface area contributed by atoms with E-state index in [1.54, 1.807) is 18.2 Å². The van der Waals surface area contributed by atoms with Gasteiger partial charge in [-0.2, -0.15) is 5.10 Å². The second kappa shape index (κ2) is 5.83. The Hall–Kier alpha value is -2.21. The largest absolute Gasteiger partial charge is 0.495 e. The lowest BCUT2D eigenvalue weighted by atomic mass is 10.2. The van der Waals surface area contributed by atoms with Gasteiger partial charge < -0.3 is 15.8 Å². The number of aromatic amines is 1. The Morgan fingerprint density at radius 2 is 2.30 bits per heavy atom. The van der Waals surface area contributed by atoms with Gasteiger partial charge in [0.05, 0.1) is 23.5 Å². The predicted molar refractivity (Wildman–Crippen MR) is 78.3 cm³/mol. The minimum atomic E-state index is -0.389. The van der Waals surface area contributed by atoms with Crippen LogP contribution in [-0.2, 0) is 6.42 Å². The van der Waals surface area contributed by atoms with Crippen molar-refractivity contribution in [1.82, 2.24) is 10.2 Å². The fraction of sp³-hybridized carbons (Fsp3) is 0.231. The molecule has 0 bridgehead atoms. The first-order chi connectivity index (χ1) is 9.56. The van der Waals surface area contributed by atoms with E-state index in [0.29, 0.717) is 28.6 Å². The summed E-state index contributed by atoms with van der Waals surface area (Å²) in [5.74, 6) is 0.150. The molecule has 6 nitrogen and oxygen atoms in total. The third-order valence-corrected chi connectivity index (χ3v) is 3.16. The van der Waals surface area contributed by atoms with Gasteiger partial charge in [0.2, 0.25) is 0 Å². The molecule has 0 saturated heterocycles. The fourth-order valence-corrected chi connectivity index (χ4v) is 2.02. The lowest BCUT2D eigenvalue weighted by Gasteiger charge is -2.07. The SMILES string of the molecule is CCc1[nH]nc(C(=O)Nc2ccc(OC)c(Cl)c2)c1N. The van der Waals surface area contributed by atoms with Crippen LogP contribution in [0.25, 0.3) is 0 Å². The van der Waals surface area contributed by atoms with Crippen molar-refractivity contribution in [3.63, 3.8) is 0 Å². The van der Waals surface area contributed by atoms with Gasteiger partial charge in [-0.3, -0.25) is 9.89 Å². The topological polar surface area (TPSA) is 93.0 Å². The number of H-pyrrole nitrogens is 1. The summed E-state index contributed by atoms with van der Waals surface area (Å²) in [7, 11) is 1.52. The molecule has 0 atom stereocenters. The molecule has 0 aliphatic rings. The van der Waals surface area contributed by atoms with Crippen molar-refractivity contribution >= 4 is 28.9 Å². The maximum Gasteiger partial charge on any atom is 0.278 e. The first-order valence-electron chi connectivity index (χ1n) is 6.04. The Balaban J connectivity index is 2.19. The highest BCUT2D eigenvalue weighted by Crippen LogP contribution is 2.27. The van der Waals surface area contributed by atoms with Crippen LogP contribution in [0.2, 0.25) is 5.02 Å². The Kier molecular flexibility index (Phi) is 4.14. The van der Waals surface area contributed by atoms with Gasteiger partial charge in [0.15, 0.2) is 5.69 Å². The zero-order valence-corrected chi connectivity index (χ0v) is 11.9. The molecule has 7 heteroatoms. The number of carbonyl (C=O) groups excluding carboxylic acids is 1. The van der Waals surface area contributed by atoms with Gasteiger partial charge in [0.1, 0.15) is 5.75 Å². The number of rotatable bonds is 4. The highest BCUT2D eigenvalue weighted by Gasteiger charge is 2.16. The van der Waals surface area contributed by atoms with Crippen molar-refractivity contribution in [2.75, 3.05) is 18.2 Å². The van der Waals surface area contributed by atoms with E-state index in [2.05, 4.69) is 15.5 Å². The van der Waals surface area contributed by atoms with Crippen LogP contribution in [0.3, 0.4) is 0 Å². The Bertz CT molecular complexity index is 639. The number of nitrogens with one attached hydrogen (secondary N) is 2. The molecular weight excluding hydrogens is 280 g/mol. The summed E-state index contributed by atoms with van der Waals surface area (Å²) in [6, 6.07) is 4.96. The third kappa shape index (κ3) is 2.70. The van der Waals surface area contributed by atoms with Crippen LogP contribution >= 0.6 is 11.6 Å². The molecule has 0 spiro atoms. The van der Waals surface area contributed by atoms with Crippen LogP contribution in [0.4, 0.5) is 11.4 Å². The minimum absolute atomic E-state index is 0.175. The van der Waals surface area contributed by atoms with Gasteiger partial charge >= 0.3 is 0 Å².